The van der Waals surface area contributed by atoms with E-state index in [2.05, 4.69) is 22.5 Å². The van der Waals surface area contributed by atoms with Gasteiger partial charge in [-0.05, 0) is 25.3 Å². The SMILES string of the molecule is CCCNc1nc(NC2CCCCC2)c(Cl)cc1Cl. The summed E-state index contributed by atoms with van der Waals surface area (Å²) in [5.41, 5.74) is 0. The lowest BCUT2D eigenvalue weighted by atomic mass is 9.95. The lowest BCUT2D eigenvalue weighted by Gasteiger charge is -2.24. The minimum Gasteiger partial charge on any atom is -0.369 e. The molecule has 3 nitrogen and oxygen atoms in total. The zero-order chi connectivity index (χ0) is 13.7. The van der Waals surface area contributed by atoms with Crippen LogP contribution in [-0.4, -0.2) is 17.6 Å². The van der Waals surface area contributed by atoms with Crippen molar-refractivity contribution in [3.05, 3.63) is 16.1 Å². The summed E-state index contributed by atoms with van der Waals surface area (Å²) >= 11 is 12.4. The van der Waals surface area contributed by atoms with Crippen molar-refractivity contribution in [2.45, 2.75) is 51.5 Å². The Hall–Kier alpha value is -0.670. The standard InChI is InChI=1S/C14H21Cl2N3/c1-2-8-17-13-11(15)9-12(16)14(19-13)18-10-6-4-3-5-7-10/h9-10H,2-8H2,1H3,(H2,17,18,19). The number of hydrogen-bond acceptors (Lipinski definition) is 3. The molecule has 0 radical (unpaired) electrons. The molecule has 1 heterocycles. The second-order valence-corrected chi connectivity index (χ2v) is 5.87. The Balaban J connectivity index is 2.09. The average molecular weight is 302 g/mol. The maximum Gasteiger partial charge on any atom is 0.147 e. The fourth-order valence-corrected chi connectivity index (χ4v) is 2.86. The van der Waals surface area contributed by atoms with Crippen LogP contribution in [0.2, 0.25) is 10.0 Å². The summed E-state index contributed by atoms with van der Waals surface area (Å²) in [5.74, 6) is 1.46. The zero-order valence-electron chi connectivity index (χ0n) is 11.3. The maximum absolute atomic E-state index is 6.22. The highest BCUT2D eigenvalue weighted by molar-refractivity contribution is 6.37. The van der Waals surface area contributed by atoms with Crippen LogP contribution in [0.5, 0.6) is 0 Å². The van der Waals surface area contributed by atoms with E-state index in [-0.39, 0.29) is 0 Å². The summed E-state index contributed by atoms with van der Waals surface area (Å²) < 4.78 is 0. The molecule has 0 unspecified atom stereocenters. The number of hydrogen-bond donors (Lipinski definition) is 2. The third-order valence-electron chi connectivity index (χ3n) is 3.42. The highest BCUT2D eigenvalue weighted by Gasteiger charge is 2.16. The van der Waals surface area contributed by atoms with Crippen LogP contribution in [0.3, 0.4) is 0 Å². The molecule has 0 saturated heterocycles. The lowest BCUT2D eigenvalue weighted by Crippen LogP contribution is -2.23. The van der Waals surface area contributed by atoms with Crippen molar-refractivity contribution in [1.29, 1.82) is 0 Å². The van der Waals surface area contributed by atoms with E-state index in [0.29, 0.717) is 21.9 Å². The van der Waals surface area contributed by atoms with Crippen molar-refractivity contribution in [3.8, 4) is 0 Å². The predicted molar refractivity (Wildman–Crippen MR) is 83.5 cm³/mol. The van der Waals surface area contributed by atoms with Gasteiger partial charge in [-0.25, -0.2) is 4.98 Å². The number of aromatic nitrogens is 1. The summed E-state index contributed by atoms with van der Waals surface area (Å²) in [6.07, 6.45) is 7.32. The highest BCUT2D eigenvalue weighted by Crippen LogP contribution is 2.31. The van der Waals surface area contributed by atoms with Gasteiger partial charge in [-0.2, -0.15) is 0 Å². The fraction of sp³-hybridized carbons (Fsp3) is 0.643. The van der Waals surface area contributed by atoms with Crippen molar-refractivity contribution >= 4 is 34.8 Å². The molecule has 2 rings (SSSR count). The summed E-state index contributed by atoms with van der Waals surface area (Å²) in [6, 6.07) is 2.25. The van der Waals surface area contributed by atoms with Crippen LogP contribution in [0.4, 0.5) is 11.6 Å². The van der Waals surface area contributed by atoms with E-state index in [1.807, 2.05) is 0 Å². The first-order valence-electron chi connectivity index (χ1n) is 7.07. The number of pyridine rings is 1. The van der Waals surface area contributed by atoms with Crippen LogP contribution in [0.1, 0.15) is 45.4 Å². The second kappa shape index (κ2) is 7.20. The van der Waals surface area contributed by atoms with Crippen LogP contribution in [0, 0.1) is 0 Å². The van der Waals surface area contributed by atoms with Crippen molar-refractivity contribution in [2.24, 2.45) is 0 Å². The van der Waals surface area contributed by atoms with Gasteiger partial charge in [-0.3, -0.25) is 0 Å². The topological polar surface area (TPSA) is 37.0 Å². The van der Waals surface area contributed by atoms with Gasteiger partial charge in [-0.15, -0.1) is 0 Å². The summed E-state index contributed by atoms with van der Waals surface area (Å²) in [6.45, 7) is 2.97. The van der Waals surface area contributed by atoms with Gasteiger partial charge in [0.15, 0.2) is 0 Å². The Bertz CT molecular complexity index is 417. The van der Waals surface area contributed by atoms with Gasteiger partial charge in [0.05, 0.1) is 10.0 Å². The minimum absolute atomic E-state index is 0.485. The van der Waals surface area contributed by atoms with Crippen molar-refractivity contribution in [3.63, 3.8) is 0 Å². The van der Waals surface area contributed by atoms with E-state index in [1.165, 1.54) is 32.1 Å². The number of anilines is 2. The number of nitrogens with one attached hydrogen (secondary N) is 2. The third-order valence-corrected chi connectivity index (χ3v) is 3.99. The molecule has 2 N–H and O–H groups in total. The molecular weight excluding hydrogens is 281 g/mol. The molecule has 1 saturated carbocycles. The Morgan fingerprint density at radius 3 is 2.53 bits per heavy atom. The molecule has 19 heavy (non-hydrogen) atoms. The largest absolute Gasteiger partial charge is 0.369 e. The lowest BCUT2D eigenvalue weighted by molar-refractivity contribution is 0.462. The molecule has 106 valence electrons. The van der Waals surface area contributed by atoms with E-state index in [1.54, 1.807) is 6.07 Å². The van der Waals surface area contributed by atoms with Crippen LogP contribution >= 0.6 is 23.2 Å². The second-order valence-electron chi connectivity index (χ2n) is 5.06. The Morgan fingerprint density at radius 2 is 1.84 bits per heavy atom. The Labute approximate surface area is 125 Å². The molecule has 0 aliphatic heterocycles. The molecular formula is C14H21Cl2N3. The van der Waals surface area contributed by atoms with E-state index in [9.17, 15) is 0 Å². The normalized spacial score (nSPS) is 16.4. The molecule has 1 aromatic rings. The molecule has 0 spiro atoms. The quantitative estimate of drug-likeness (QED) is 0.807. The Morgan fingerprint density at radius 1 is 1.16 bits per heavy atom. The van der Waals surface area contributed by atoms with Crippen LogP contribution in [0.25, 0.3) is 0 Å². The smallest absolute Gasteiger partial charge is 0.147 e. The summed E-state index contributed by atoms with van der Waals surface area (Å²) in [5, 5.41) is 7.85. The van der Waals surface area contributed by atoms with Crippen molar-refractivity contribution < 1.29 is 0 Å². The van der Waals surface area contributed by atoms with Crippen LogP contribution < -0.4 is 10.6 Å². The first-order chi connectivity index (χ1) is 9.20. The zero-order valence-corrected chi connectivity index (χ0v) is 12.8. The number of halogens is 2. The molecule has 0 amide bonds. The van der Waals surface area contributed by atoms with Crippen molar-refractivity contribution in [1.82, 2.24) is 4.98 Å². The van der Waals surface area contributed by atoms with Crippen LogP contribution in [-0.2, 0) is 0 Å². The van der Waals surface area contributed by atoms with Gasteiger partial charge in [0, 0.05) is 12.6 Å². The minimum atomic E-state index is 0.485. The maximum atomic E-state index is 6.22. The van der Waals surface area contributed by atoms with Gasteiger partial charge in [0.2, 0.25) is 0 Å². The van der Waals surface area contributed by atoms with E-state index in [4.69, 9.17) is 23.2 Å². The average Bonchev–Trinajstić information content (AvgIpc) is 2.42. The molecule has 1 aromatic heterocycles. The number of nitrogens with zero attached hydrogens (tertiary/aromatic N) is 1. The first-order valence-corrected chi connectivity index (χ1v) is 7.82. The van der Waals surface area contributed by atoms with E-state index < -0.39 is 0 Å². The molecule has 1 aliphatic rings. The third kappa shape index (κ3) is 4.15. The molecule has 1 aliphatic carbocycles. The van der Waals surface area contributed by atoms with Gasteiger partial charge >= 0.3 is 0 Å². The molecule has 0 aromatic carbocycles. The molecule has 5 heteroatoms. The molecule has 1 fully saturated rings. The molecule has 0 bridgehead atoms. The van der Waals surface area contributed by atoms with E-state index in [0.717, 1.165) is 18.8 Å². The summed E-state index contributed by atoms with van der Waals surface area (Å²) in [7, 11) is 0. The fourth-order valence-electron chi connectivity index (χ4n) is 2.38. The predicted octanol–water partition coefficient (Wildman–Crippen LogP) is 4.95. The number of rotatable bonds is 5. The summed E-state index contributed by atoms with van der Waals surface area (Å²) in [4.78, 5) is 4.52. The molecule has 0 atom stereocenters. The van der Waals surface area contributed by atoms with Gasteiger partial charge < -0.3 is 10.6 Å². The monoisotopic (exact) mass is 301 g/mol. The van der Waals surface area contributed by atoms with Crippen LogP contribution in [0.15, 0.2) is 6.07 Å². The van der Waals surface area contributed by atoms with Crippen molar-refractivity contribution in [2.75, 3.05) is 17.2 Å². The van der Waals surface area contributed by atoms with Gasteiger partial charge in [0.1, 0.15) is 11.6 Å². The Kier molecular flexibility index (Phi) is 5.59. The van der Waals surface area contributed by atoms with Gasteiger partial charge in [-0.1, -0.05) is 49.4 Å². The highest BCUT2D eigenvalue weighted by atomic mass is 35.5. The first kappa shape index (κ1) is 14.7. The van der Waals surface area contributed by atoms with E-state index >= 15 is 0 Å². The van der Waals surface area contributed by atoms with Gasteiger partial charge in [0.25, 0.3) is 0 Å².